The molecule has 1 aliphatic rings. The van der Waals surface area contributed by atoms with Crippen LogP contribution in [0.25, 0.3) is 0 Å². The highest BCUT2D eigenvalue weighted by atomic mass is 19.1. The van der Waals surface area contributed by atoms with Crippen molar-refractivity contribution in [3.8, 4) is 0 Å². The van der Waals surface area contributed by atoms with E-state index >= 15 is 0 Å². The van der Waals surface area contributed by atoms with Gasteiger partial charge in [-0.3, -0.25) is 0 Å². The first-order valence-electron chi connectivity index (χ1n) is 5.82. The second kappa shape index (κ2) is 5.40. The molecule has 19 heavy (non-hydrogen) atoms. The highest BCUT2D eigenvalue weighted by Crippen LogP contribution is 2.27. The Morgan fingerprint density at radius 3 is 2.58 bits per heavy atom. The Hall–Kier alpha value is -1.89. The van der Waals surface area contributed by atoms with Crippen LogP contribution in [0.4, 0.5) is 14.5 Å². The molecule has 2 rings (SSSR count). The third-order valence-electron chi connectivity index (χ3n) is 3.23. The molecular formula is C12H15F2N3O2. The van der Waals surface area contributed by atoms with Crippen LogP contribution >= 0.6 is 0 Å². The second-order valence-electron chi connectivity index (χ2n) is 4.40. The molecule has 0 bridgehead atoms. The first-order chi connectivity index (χ1) is 9.04. The van der Waals surface area contributed by atoms with E-state index in [-0.39, 0.29) is 23.1 Å². The van der Waals surface area contributed by atoms with Gasteiger partial charge in [-0.2, -0.15) is 0 Å². The summed E-state index contributed by atoms with van der Waals surface area (Å²) in [6.45, 7) is 1.03. The molecule has 0 aromatic heterocycles. The van der Waals surface area contributed by atoms with Gasteiger partial charge in [0, 0.05) is 19.2 Å². The van der Waals surface area contributed by atoms with Gasteiger partial charge in [-0.25, -0.2) is 8.78 Å². The standard InChI is InChI=1S/C12H15F2N3O2/c1-17(8-2-3-19-6-8)11-9(13)4-7(5-10(11)14)12(15)16-18/h4-5,8,18H,2-3,6H2,1H3,(H2,15,16). The van der Waals surface area contributed by atoms with E-state index in [2.05, 4.69) is 5.16 Å². The van der Waals surface area contributed by atoms with Crippen LogP contribution in [0.2, 0.25) is 0 Å². The Labute approximate surface area is 109 Å². The highest BCUT2D eigenvalue weighted by Gasteiger charge is 2.25. The number of likely N-dealkylation sites (N-methyl/N-ethyl adjacent to an activating group) is 1. The van der Waals surface area contributed by atoms with Gasteiger partial charge in [0.15, 0.2) is 5.84 Å². The average molecular weight is 271 g/mol. The Morgan fingerprint density at radius 1 is 1.47 bits per heavy atom. The Kier molecular flexibility index (Phi) is 3.84. The van der Waals surface area contributed by atoms with E-state index in [0.29, 0.717) is 13.2 Å². The van der Waals surface area contributed by atoms with E-state index < -0.39 is 11.6 Å². The van der Waals surface area contributed by atoms with Crippen LogP contribution in [0.3, 0.4) is 0 Å². The molecule has 0 saturated carbocycles. The van der Waals surface area contributed by atoms with E-state index in [1.807, 2.05) is 0 Å². The predicted molar refractivity (Wildman–Crippen MR) is 66.5 cm³/mol. The Morgan fingerprint density at radius 2 is 2.11 bits per heavy atom. The lowest BCUT2D eigenvalue weighted by Crippen LogP contribution is -2.33. The van der Waals surface area contributed by atoms with Crippen LogP contribution in [-0.4, -0.2) is 37.3 Å². The van der Waals surface area contributed by atoms with Crippen molar-refractivity contribution in [2.24, 2.45) is 10.9 Å². The van der Waals surface area contributed by atoms with Crippen LogP contribution in [-0.2, 0) is 4.74 Å². The van der Waals surface area contributed by atoms with Crippen molar-refractivity contribution in [3.63, 3.8) is 0 Å². The van der Waals surface area contributed by atoms with E-state index in [1.165, 1.54) is 4.90 Å². The van der Waals surface area contributed by atoms with Gasteiger partial charge >= 0.3 is 0 Å². The molecule has 1 aromatic carbocycles. The lowest BCUT2D eigenvalue weighted by atomic mass is 10.1. The third-order valence-corrected chi connectivity index (χ3v) is 3.23. The molecule has 3 N–H and O–H groups in total. The van der Waals surface area contributed by atoms with Gasteiger partial charge in [-0.1, -0.05) is 5.16 Å². The molecule has 0 spiro atoms. The van der Waals surface area contributed by atoms with E-state index in [9.17, 15) is 8.78 Å². The van der Waals surface area contributed by atoms with Crippen LogP contribution < -0.4 is 10.6 Å². The van der Waals surface area contributed by atoms with Gasteiger partial charge < -0.3 is 20.6 Å². The molecule has 1 unspecified atom stereocenters. The largest absolute Gasteiger partial charge is 0.409 e. The maximum atomic E-state index is 14.0. The molecule has 1 heterocycles. The highest BCUT2D eigenvalue weighted by molar-refractivity contribution is 5.97. The molecule has 1 saturated heterocycles. The summed E-state index contributed by atoms with van der Waals surface area (Å²) >= 11 is 0. The summed E-state index contributed by atoms with van der Waals surface area (Å²) in [6, 6.07) is 2.03. The van der Waals surface area contributed by atoms with E-state index in [0.717, 1.165) is 18.6 Å². The third kappa shape index (κ3) is 2.60. The summed E-state index contributed by atoms with van der Waals surface area (Å²) in [5, 5.41) is 11.2. The molecule has 5 nitrogen and oxygen atoms in total. The zero-order valence-corrected chi connectivity index (χ0v) is 10.4. The molecule has 104 valence electrons. The first-order valence-corrected chi connectivity index (χ1v) is 5.82. The van der Waals surface area contributed by atoms with Crippen molar-refractivity contribution in [1.29, 1.82) is 0 Å². The number of nitrogens with zero attached hydrogens (tertiary/aromatic N) is 2. The summed E-state index contributed by atoms with van der Waals surface area (Å²) in [5.41, 5.74) is 5.18. The fourth-order valence-corrected chi connectivity index (χ4v) is 2.12. The second-order valence-corrected chi connectivity index (χ2v) is 4.40. The molecule has 1 fully saturated rings. The number of hydrogen-bond acceptors (Lipinski definition) is 4. The lowest BCUT2D eigenvalue weighted by Gasteiger charge is -2.26. The fraction of sp³-hybridized carbons (Fsp3) is 0.417. The van der Waals surface area contributed by atoms with Gasteiger partial charge in [0.2, 0.25) is 0 Å². The van der Waals surface area contributed by atoms with Crippen LogP contribution in [0, 0.1) is 11.6 Å². The molecule has 0 radical (unpaired) electrons. The number of oxime groups is 1. The van der Waals surface area contributed by atoms with E-state index in [1.54, 1.807) is 7.05 Å². The van der Waals surface area contributed by atoms with Crippen molar-refractivity contribution in [1.82, 2.24) is 0 Å². The zero-order chi connectivity index (χ0) is 14.0. The van der Waals surface area contributed by atoms with Gasteiger partial charge in [0.1, 0.15) is 17.3 Å². The quantitative estimate of drug-likeness (QED) is 0.376. The molecule has 7 heteroatoms. The molecule has 1 aromatic rings. The maximum Gasteiger partial charge on any atom is 0.170 e. The Bertz CT molecular complexity index is 479. The summed E-state index contributed by atoms with van der Waals surface area (Å²) in [5.74, 6) is -1.84. The monoisotopic (exact) mass is 271 g/mol. The normalized spacial score (nSPS) is 19.7. The summed E-state index contributed by atoms with van der Waals surface area (Å²) in [7, 11) is 1.62. The topological polar surface area (TPSA) is 71.1 Å². The molecule has 1 aliphatic heterocycles. The number of hydrogen-bond donors (Lipinski definition) is 2. The van der Waals surface area contributed by atoms with Crippen LogP contribution in [0.5, 0.6) is 0 Å². The van der Waals surface area contributed by atoms with Crippen molar-refractivity contribution in [3.05, 3.63) is 29.3 Å². The number of benzene rings is 1. The van der Waals surface area contributed by atoms with Crippen molar-refractivity contribution < 1.29 is 18.7 Å². The predicted octanol–water partition coefficient (Wildman–Crippen LogP) is 1.28. The molecule has 0 amide bonds. The maximum absolute atomic E-state index is 14.0. The number of amidine groups is 1. The molecule has 1 atom stereocenters. The number of nitrogens with two attached hydrogens (primary N) is 1. The summed E-state index contributed by atoms with van der Waals surface area (Å²) < 4.78 is 33.2. The van der Waals surface area contributed by atoms with Crippen LogP contribution in [0.15, 0.2) is 17.3 Å². The number of ether oxygens (including phenoxy) is 1. The van der Waals surface area contributed by atoms with Gasteiger partial charge in [0.05, 0.1) is 12.6 Å². The number of rotatable bonds is 3. The zero-order valence-electron chi connectivity index (χ0n) is 10.4. The molecule has 0 aliphatic carbocycles. The van der Waals surface area contributed by atoms with Crippen molar-refractivity contribution in [2.45, 2.75) is 12.5 Å². The number of halogens is 2. The minimum Gasteiger partial charge on any atom is -0.409 e. The Balaban J connectivity index is 2.36. The van der Waals surface area contributed by atoms with Gasteiger partial charge in [-0.05, 0) is 18.6 Å². The van der Waals surface area contributed by atoms with Gasteiger partial charge in [0.25, 0.3) is 0 Å². The SMILES string of the molecule is CN(c1c(F)cc(C(N)=NO)cc1F)C1CCOC1. The fourth-order valence-electron chi connectivity index (χ4n) is 2.12. The molecular weight excluding hydrogens is 256 g/mol. The smallest absolute Gasteiger partial charge is 0.170 e. The number of anilines is 1. The van der Waals surface area contributed by atoms with Crippen molar-refractivity contribution in [2.75, 3.05) is 25.2 Å². The first kappa shape index (κ1) is 13.5. The lowest BCUT2D eigenvalue weighted by molar-refractivity contribution is 0.193. The minimum absolute atomic E-state index is 0.00248. The van der Waals surface area contributed by atoms with E-state index in [4.69, 9.17) is 15.7 Å². The average Bonchev–Trinajstić information content (AvgIpc) is 2.90. The minimum atomic E-state index is -0.754. The van der Waals surface area contributed by atoms with Gasteiger partial charge in [-0.15, -0.1) is 0 Å². The van der Waals surface area contributed by atoms with Crippen molar-refractivity contribution >= 4 is 11.5 Å². The summed E-state index contributed by atoms with van der Waals surface area (Å²) in [6.07, 6.45) is 0.720. The summed E-state index contributed by atoms with van der Waals surface area (Å²) in [4.78, 5) is 1.52. The van der Waals surface area contributed by atoms with Crippen LogP contribution in [0.1, 0.15) is 12.0 Å².